The first kappa shape index (κ1) is 20.1. The van der Waals surface area contributed by atoms with Crippen LogP contribution in [0, 0.1) is 11.8 Å². The molecule has 0 aromatic carbocycles. The van der Waals surface area contributed by atoms with Gasteiger partial charge in [-0.1, -0.05) is 17.7 Å². The van der Waals surface area contributed by atoms with E-state index in [0.29, 0.717) is 42.8 Å². The van der Waals surface area contributed by atoms with Gasteiger partial charge in [0.2, 0.25) is 0 Å². The molecule has 0 amide bonds. The van der Waals surface area contributed by atoms with Crippen LogP contribution in [0.5, 0.6) is 0 Å². The van der Waals surface area contributed by atoms with E-state index in [4.69, 9.17) is 13.9 Å². The fraction of sp³-hybridized carbons (Fsp3) is 0.500. The maximum absolute atomic E-state index is 12.5. The number of fused-ring (bicyclic) bond motifs is 4. The molecule has 1 saturated heterocycles. The summed E-state index contributed by atoms with van der Waals surface area (Å²) >= 11 is 0. The van der Waals surface area contributed by atoms with Crippen molar-refractivity contribution in [3.8, 4) is 0 Å². The molecule has 0 radical (unpaired) electrons. The zero-order valence-electron chi connectivity index (χ0n) is 16.5. The number of carbonyl (C=O) groups is 3. The van der Waals surface area contributed by atoms with Gasteiger partial charge < -0.3 is 13.9 Å². The number of esters is 2. The monoisotopic (exact) mass is 386 g/mol. The van der Waals surface area contributed by atoms with Crippen LogP contribution in [-0.2, 0) is 25.5 Å². The third kappa shape index (κ3) is 4.43. The zero-order chi connectivity index (χ0) is 20.4. The lowest BCUT2D eigenvalue weighted by atomic mass is 9.84. The summed E-state index contributed by atoms with van der Waals surface area (Å²) in [6, 6.07) is 1.72. The van der Waals surface area contributed by atoms with E-state index in [2.05, 4.69) is 6.58 Å². The second-order valence-corrected chi connectivity index (χ2v) is 7.87. The maximum atomic E-state index is 12.5. The summed E-state index contributed by atoms with van der Waals surface area (Å²) in [4.78, 5) is 35.7. The quantitative estimate of drug-likeness (QED) is 0.445. The van der Waals surface area contributed by atoms with Crippen LogP contribution < -0.4 is 0 Å². The van der Waals surface area contributed by atoms with Crippen LogP contribution in [0.1, 0.15) is 61.9 Å². The molecule has 2 aliphatic heterocycles. The van der Waals surface area contributed by atoms with Crippen molar-refractivity contribution in [1.82, 2.24) is 0 Å². The molecule has 1 unspecified atom stereocenters. The van der Waals surface area contributed by atoms with Gasteiger partial charge >= 0.3 is 11.9 Å². The third-order valence-electron chi connectivity index (χ3n) is 5.44. The predicted molar refractivity (Wildman–Crippen MR) is 103 cm³/mol. The summed E-state index contributed by atoms with van der Waals surface area (Å²) in [5.74, 6) is -0.188. The number of aldehydes is 1. The van der Waals surface area contributed by atoms with E-state index in [-0.39, 0.29) is 18.0 Å². The topological polar surface area (TPSA) is 82.8 Å². The standard InChI is InChI=1S/C22H26O6/c1-12(2)15-8-20-16(11-23)7-17(27-20)5-13(3)6-18-10-19(22(25)28-18)21(9-15)26-14(4)24/h5,7,11,15,18-19,21H,1,6,8-10H2,2-4H3/b13-5+/t15-,18-,19?,21-/m1/s1. The van der Waals surface area contributed by atoms with Gasteiger partial charge in [-0.15, -0.1) is 0 Å². The Labute approximate surface area is 164 Å². The van der Waals surface area contributed by atoms with E-state index in [0.717, 1.165) is 17.4 Å². The van der Waals surface area contributed by atoms with E-state index in [1.165, 1.54) is 6.92 Å². The lowest BCUT2D eigenvalue weighted by molar-refractivity contribution is -0.156. The van der Waals surface area contributed by atoms with Crippen molar-refractivity contribution in [3.63, 3.8) is 0 Å². The lowest BCUT2D eigenvalue weighted by Crippen LogP contribution is -2.32. The number of allylic oxidation sites excluding steroid dienone is 1. The number of carbonyl (C=O) groups excluding carboxylic acids is 3. The maximum Gasteiger partial charge on any atom is 0.313 e. The Morgan fingerprint density at radius 3 is 2.68 bits per heavy atom. The predicted octanol–water partition coefficient (Wildman–Crippen LogP) is 3.89. The van der Waals surface area contributed by atoms with Crippen LogP contribution in [0.4, 0.5) is 0 Å². The second kappa shape index (κ2) is 8.17. The Bertz CT molecular complexity index is 830. The second-order valence-electron chi connectivity index (χ2n) is 7.87. The highest BCUT2D eigenvalue weighted by Gasteiger charge is 2.42. The molecule has 4 atom stereocenters. The van der Waals surface area contributed by atoms with Gasteiger partial charge in [0.1, 0.15) is 23.7 Å². The average molecular weight is 386 g/mol. The highest BCUT2D eigenvalue weighted by molar-refractivity contribution is 5.78. The minimum absolute atomic E-state index is 0.111. The molecule has 0 spiro atoms. The SMILES string of the molecule is C=C(C)[C@@H]1Cc2oc(cc2C=O)/C=C(\C)C[C@@H]2CC(C(=O)O2)[C@H](OC(C)=O)C1. The van der Waals surface area contributed by atoms with Crippen LogP contribution in [0.15, 0.2) is 28.2 Å². The minimum atomic E-state index is -0.601. The van der Waals surface area contributed by atoms with Gasteiger partial charge in [-0.2, -0.15) is 0 Å². The molecule has 4 bridgehead atoms. The number of ether oxygens (including phenoxy) is 2. The molecule has 1 aromatic rings. The largest absolute Gasteiger partial charge is 0.462 e. The Hall–Kier alpha value is -2.63. The van der Waals surface area contributed by atoms with Crippen LogP contribution >= 0.6 is 0 Å². The minimum Gasteiger partial charge on any atom is -0.462 e. The summed E-state index contributed by atoms with van der Waals surface area (Å²) in [5.41, 5.74) is 2.36. The normalized spacial score (nSPS) is 29.4. The summed E-state index contributed by atoms with van der Waals surface area (Å²) < 4.78 is 17.0. The van der Waals surface area contributed by atoms with Gasteiger partial charge in [-0.05, 0) is 38.3 Å². The third-order valence-corrected chi connectivity index (χ3v) is 5.44. The summed E-state index contributed by atoms with van der Waals surface area (Å²) in [7, 11) is 0. The van der Waals surface area contributed by atoms with Crippen molar-refractivity contribution in [2.75, 3.05) is 0 Å². The molecule has 6 nitrogen and oxygen atoms in total. The summed E-state index contributed by atoms with van der Waals surface area (Å²) in [6.45, 7) is 9.21. The molecule has 3 heterocycles. The van der Waals surface area contributed by atoms with Crippen molar-refractivity contribution in [2.45, 2.75) is 58.7 Å². The first-order valence-electron chi connectivity index (χ1n) is 9.55. The molecule has 0 saturated carbocycles. The van der Waals surface area contributed by atoms with E-state index in [1.54, 1.807) is 6.07 Å². The van der Waals surface area contributed by atoms with Gasteiger partial charge in [-0.25, -0.2) is 0 Å². The molecular formula is C22H26O6. The fourth-order valence-electron chi connectivity index (χ4n) is 4.03. The first-order valence-corrected chi connectivity index (χ1v) is 9.55. The summed E-state index contributed by atoms with van der Waals surface area (Å²) in [5, 5.41) is 0. The average Bonchev–Trinajstić information content (AvgIpc) is 3.15. The molecule has 3 rings (SSSR count). The van der Waals surface area contributed by atoms with Crippen molar-refractivity contribution in [1.29, 1.82) is 0 Å². The molecule has 1 aromatic heterocycles. The number of hydrogen-bond donors (Lipinski definition) is 0. The van der Waals surface area contributed by atoms with Gasteiger partial charge in [0.05, 0.1) is 11.5 Å². The molecular weight excluding hydrogens is 360 g/mol. The molecule has 1 fully saturated rings. The molecule has 150 valence electrons. The summed E-state index contributed by atoms with van der Waals surface area (Å²) in [6.07, 6.45) is 3.72. The van der Waals surface area contributed by atoms with Gasteiger partial charge in [0, 0.05) is 26.2 Å². The van der Waals surface area contributed by atoms with E-state index < -0.39 is 18.0 Å². The lowest BCUT2D eigenvalue weighted by Gasteiger charge is -2.26. The fourth-order valence-corrected chi connectivity index (χ4v) is 4.03. The van der Waals surface area contributed by atoms with E-state index in [1.807, 2.05) is 19.9 Å². The zero-order valence-corrected chi connectivity index (χ0v) is 16.5. The first-order chi connectivity index (χ1) is 13.3. The van der Waals surface area contributed by atoms with Gasteiger partial charge in [0.25, 0.3) is 0 Å². The van der Waals surface area contributed by atoms with Crippen LogP contribution in [-0.4, -0.2) is 30.4 Å². The van der Waals surface area contributed by atoms with Crippen LogP contribution in [0.3, 0.4) is 0 Å². The number of hydrogen-bond acceptors (Lipinski definition) is 6. The highest BCUT2D eigenvalue weighted by atomic mass is 16.6. The Balaban J connectivity index is 2.03. The number of furan rings is 1. The Morgan fingerprint density at radius 1 is 1.29 bits per heavy atom. The van der Waals surface area contributed by atoms with Crippen molar-refractivity contribution in [3.05, 3.63) is 40.9 Å². The van der Waals surface area contributed by atoms with Crippen molar-refractivity contribution in [2.24, 2.45) is 11.8 Å². The highest BCUT2D eigenvalue weighted by Crippen LogP contribution is 2.35. The molecule has 6 heteroatoms. The van der Waals surface area contributed by atoms with Crippen molar-refractivity contribution < 1.29 is 28.3 Å². The number of rotatable bonds is 3. The molecule has 0 aliphatic carbocycles. The van der Waals surface area contributed by atoms with E-state index in [9.17, 15) is 14.4 Å². The van der Waals surface area contributed by atoms with Crippen molar-refractivity contribution >= 4 is 24.3 Å². The van der Waals surface area contributed by atoms with Crippen LogP contribution in [0.2, 0.25) is 0 Å². The van der Waals surface area contributed by atoms with Gasteiger partial charge in [0.15, 0.2) is 6.29 Å². The Morgan fingerprint density at radius 2 is 2.04 bits per heavy atom. The molecule has 2 aliphatic rings. The molecule has 28 heavy (non-hydrogen) atoms. The van der Waals surface area contributed by atoms with E-state index >= 15 is 0 Å². The van der Waals surface area contributed by atoms with Crippen LogP contribution in [0.25, 0.3) is 6.08 Å². The van der Waals surface area contributed by atoms with Gasteiger partial charge in [-0.3, -0.25) is 14.4 Å². The smallest absolute Gasteiger partial charge is 0.313 e. The molecule has 0 N–H and O–H groups in total. The Kier molecular flexibility index (Phi) is 5.87.